The van der Waals surface area contributed by atoms with Crippen molar-refractivity contribution >= 4 is 5.91 Å². The minimum absolute atomic E-state index is 0.0318. The van der Waals surface area contributed by atoms with Crippen LogP contribution in [0.1, 0.15) is 26.7 Å². The Bertz CT molecular complexity index is 182. The summed E-state index contributed by atoms with van der Waals surface area (Å²) in [5.41, 5.74) is 0. The summed E-state index contributed by atoms with van der Waals surface area (Å²) in [6.07, 6.45) is 2.37. The molecule has 1 saturated heterocycles. The normalized spacial score (nSPS) is 24.8. The molecule has 1 aliphatic rings. The van der Waals surface area contributed by atoms with E-state index in [0.717, 1.165) is 19.0 Å². The number of carbonyl (C=O) groups excluding carboxylic acids is 1. The van der Waals surface area contributed by atoms with Crippen molar-refractivity contribution < 1.29 is 4.79 Å². The second kappa shape index (κ2) is 4.61. The number of likely N-dealkylation sites (N-methyl/N-ethyl adjacent to an activating group) is 1. The first kappa shape index (κ1) is 10.5. The summed E-state index contributed by atoms with van der Waals surface area (Å²) in [6.45, 7) is 6.02. The van der Waals surface area contributed by atoms with Crippen LogP contribution in [0.4, 0.5) is 0 Å². The third-order valence-electron chi connectivity index (χ3n) is 2.98. The van der Waals surface area contributed by atoms with Crippen LogP contribution in [0.2, 0.25) is 0 Å². The molecule has 3 heteroatoms. The van der Waals surface area contributed by atoms with E-state index in [4.69, 9.17) is 0 Å². The van der Waals surface area contributed by atoms with Gasteiger partial charge in [-0.2, -0.15) is 0 Å². The highest BCUT2D eigenvalue weighted by Crippen LogP contribution is 2.19. The fraction of sp³-hybridized carbons (Fsp3) is 0.900. The minimum atomic E-state index is -0.0318. The standard InChI is InChI=1S/C10H20N2O/c1-4-9-5-6-12(7-9)10(13)8(2)11-3/h8-9,11H,4-7H2,1-3H3. The average molecular weight is 184 g/mol. The van der Waals surface area contributed by atoms with E-state index in [9.17, 15) is 4.79 Å². The Labute approximate surface area is 80.5 Å². The van der Waals surface area contributed by atoms with E-state index in [1.807, 2.05) is 18.9 Å². The van der Waals surface area contributed by atoms with E-state index in [-0.39, 0.29) is 11.9 Å². The number of hydrogen-bond donors (Lipinski definition) is 1. The molecule has 0 aromatic carbocycles. The van der Waals surface area contributed by atoms with Crippen molar-refractivity contribution in [3.05, 3.63) is 0 Å². The van der Waals surface area contributed by atoms with Crippen molar-refractivity contribution in [3.63, 3.8) is 0 Å². The van der Waals surface area contributed by atoms with Crippen molar-refractivity contribution in [2.24, 2.45) is 5.92 Å². The van der Waals surface area contributed by atoms with Gasteiger partial charge in [0.05, 0.1) is 6.04 Å². The van der Waals surface area contributed by atoms with Gasteiger partial charge in [-0.1, -0.05) is 13.3 Å². The summed E-state index contributed by atoms with van der Waals surface area (Å²) >= 11 is 0. The van der Waals surface area contributed by atoms with Crippen molar-refractivity contribution in [3.8, 4) is 0 Å². The fourth-order valence-electron chi connectivity index (χ4n) is 1.76. The van der Waals surface area contributed by atoms with Crippen LogP contribution in [0, 0.1) is 5.92 Å². The van der Waals surface area contributed by atoms with Gasteiger partial charge in [0.2, 0.25) is 5.91 Å². The fourth-order valence-corrected chi connectivity index (χ4v) is 1.76. The first-order valence-electron chi connectivity index (χ1n) is 5.15. The zero-order valence-electron chi connectivity index (χ0n) is 8.84. The molecule has 1 rings (SSSR count). The molecule has 2 atom stereocenters. The van der Waals surface area contributed by atoms with E-state index in [1.165, 1.54) is 12.8 Å². The lowest BCUT2D eigenvalue weighted by Crippen LogP contribution is -2.42. The molecule has 13 heavy (non-hydrogen) atoms. The number of rotatable bonds is 3. The summed E-state index contributed by atoms with van der Waals surface area (Å²) in [5, 5.41) is 2.98. The number of hydrogen-bond acceptors (Lipinski definition) is 2. The zero-order chi connectivity index (χ0) is 9.84. The molecule has 0 aromatic rings. The van der Waals surface area contributed by atoms with Crippen LogP contribution in [0.3, 0.4) is 0 Å². The van der Waals surface area contributed by atoms with Crippen LogP contribution in [0.15, 0.2) is 0 Å². The summed E-state index contributed by atoms with van der Waals surface area (Å²) < 4.78 is 0. The third-order valence-corrected chi connectivity index (χ3v) is 2.98. The second-order valence-corrected chi connectivity index (χ2v) is 3.86. The van der Waals surface area contributed by atoms with Crippen molar-refractivity contribution in [1.29, 1.82) is 0 Å². The minimum Gasteiger partial charge on any atom is -0.341 e. The van der Waals surface area contributed by atoms with Gasteiger partial charge in [-0.05, 0) is 26.3 Å². The van der Waals surface area contributed by atoms with E-state index < -0.39 is 0 Å². The summed E-state index contributed by atoms with van der Waals surface area (Å²) in [6, 6.07) is -0.0318. The van der Waals surface area contributed by atoms with Gasteiger partial charge in [-0.3, -0.25) is 4.79 Å². The van der Waals surface area contributed by atoms with Crippen LogP contribution >= 0.6 is 0 Å². The first-order valence-corrected chi connectivity index (χ1v) is 5.15. The molecule has 1 N–H and O–H groups in total. The van der Waals surface area contributed by atoms with Gasteiger partial charge in [0.15, 0.2) is 0 Å². The molecule has 1 fully saturated rings. The number of nitrogens with zero attached hydrogens (tertiary/aromatic N) is 1. The molecule has 1 amide bonds. The first-order chi connectivity index (χ1) is 6.19. The highest BCUT2D eigenvalue weighted by molar-refractivity contribution is 5.81. The van der Waals surface area contributed by atoms with Crippen LogP contribution < -0.4 is 5.32 Å². The summed E-state index contributed by atoms with van der Waals surface area (Å²) in [5.74, 6) is 0.978. The van der Waals surface area contributed by atoms with Gasteiger partial charge in [0.25, 0.3) is 0 Å². The molecule has 1 heterocycles. The Hall–Kier alpha value is -0.570. The maximum absolute atomic E-state index is 11.7. The molecular formula is C10H20N2O. The number of carbonyl (C=O) groups is 1. The van der Waals surface area contributed by atoms with Crippen LogP contribution in [0.5, 0.6) is 0 Å². The molecule has 2 unspecified atom stereocenters. The number of nitrogens with one attached hydrogen (secondary N) is 1. The molecule has 0 radical (unpaired) electrons. The van der Waals surface area contributed by atoms with Crippen LogP contribution in [-0.4, -0.2) is 37.0 Å². The predicted molar refractivity (Wildman–Crippen MR) is 53.5 cm³/mol. The summed E-state index contributed by atoms with van der Waals surface area (Å²) in [7, 11) is 1.83. The number of amides is 1. The van der Waals surface area contributed by atoms with E-state index >= 15 is 0 Å². The lowest BCUT2D eigenvalue weighted by Gasteiger charge is -2.20. The van der Waals surface area contributed by atoms with Crippen molar-refractivity contribution in [2.45, 2.75) is 32.7 Å². The maximum Gasteiger partial charge on any atom is 0.239 e. The lowest BCUT2D eigenvalue weighted by atomic mass is 10.1. The summed E-state index contributed by atoms with van der Waals surface area (Å²) in [4.78, 5) is 13.7. The Morgan fingerprint density at radius 2 is 2.38 bits per heavy atom. The molecule has 1 aliphatic heterocycles. The molecular weight excluding hydrogens is 164 g/mol. The Morgan fingerprint density at radius 3 is 2.85 bits per heavy atom. The second-order valence-electron chi connectivity index (χ2n) is 3.86. The third kappa shape index (κ3) is 2.44. The van der Waals surface area contributed by atoms with E-state index in [1.54, 1.807) is 0 Å². The molecule has 0 aliphatic carbocycles. The van der Waals surface area contributed by atoms with Crippen LogP contribution in [-0.2, 0) is 4.79 Å². The Kier molecular flexibility index (Phi) is 3.72. The lowest BCUT2D eigenvalue weighted by molar-refractivity contribution is -0.131. The molecule has 76 valence electrons. The van der Waals surface area contributed by atoms with Crippen molar-refractivity contribution in [1.82, 2.24) is 10.2 Å². The topological polar surface area (TPSA) is 32.3 Å². The van der Waals surface area contributed by atoms with Crippen LogP contribution in [0.25, 0.3) is 0 Å². The van der Waals surface area contributed by atoms with Gasteiger partial charge in [-0.15, -0.1) is 0 Å². The Morgan fingerprint density at radius 1 is 1.69 bits per heavy atom. The Balaban J connectivity index is 2.41. The van der Waals surface area contributed by atoms with Gasteiger partial charge in [0.1, 0.15) is 0 Å². The maximum atomic E-state index is 11.7. The van der Waals surface area contributed by atoms with Gasteiger partial charge in [-0.25, -0.2) is 0 Å². The largest absolute Gasteiger partial charge is 0.341 e. The van der Waals surface area contributed by atoms with Gasteiger partial charge in [0, 0.05) is 13.1 Å². The van der Waals surface area contributed by atoms with E-state index in [0.29, 0.717) is 0 Å². The smallest absolute Gasteiger partial charge is 0.239 e. The molecule has 0 aromatic heterocycles. The molecule has 0 bridgehead atoms. The quantitative estimate of drug-likeness (QED) is 0.705. The van der Waals surface area contributed by atoms with Gasteiger partial charge >= 0.3 is 0 Å². The molecule has 3 nitrogen and oxygen atoms in total. The van der Waals surface area contributed by atoms with Gasteiger partial charge < -0.3 is 10.2 Å². The molecule has 0 saturated carbocycles. The monoisotopic (exact) mass is 184 g/mol. The molecule has 0 spiro atoms. The predicted octanol–water partition coefficient (Wildman–Crippen LogP) is 0.853. The SMILES string of the molecule is CCC1CCN(C(=O)C(C)NC)C1. The van der Waals surface area contributed by atoms with E-state index in [2.05, 4.69) is 12.2 Å². The highest BCUT2D eigenvalue weighted by Gasteiger charge is 2.27. The number of likely N-dealkylation sites (tertiary alicyclic amines) is 1. The van der Waals surface area contributed by atoms with Crippen molar-refractivity contribution in [2.75, 3.05) is 20.1 Å². The highest BCUT2D eigenvalue weighted by atomic mass is 16.2. The zero-order valence-corrected chi connectivity index (χ0v) is 8.84. The average Bonchev–Trinajstić information content (AvgIpc) is 2.63.